The fraction of sp³-hybridized carbons (Fsp3) is 0.333. The maximum absolute atomic E-state index is 11.8. The first-order chi connectivity index (χ1) is 9.44. The number of carbonyl (C=O) groups is 1. The van der Waals surface area contributed by atoms with Crippen molar-refractivity contribution in [2.75, 3.05) is 5.32 Å². The summed E-state index contributed by atoms with van der Waals surface area (Å²) in [5.74, 6) is 0.558. The highest BCUT2D eigenvalue weighted by atomic mass is 16.1. The number of hydrogen-bond donors (Lipinski definition) is 1. The molecule has 0 spiro atoms. The number of rotatable bonds is 3. The van der Waals surface area contributed by atoms with Crippen LogP contribution in [0, 0.1) is 5.41 Å². The average molecular weight is 270 g/mol. The summed E-state index contributed by atoms with van der Waals surface area (Å²) in [7, 11) is 0. The van der Waals surface area contributed by atoms with Gasteiger partial charge in [-0.1, -0.05) is 20.8 Å². The van der Waals surface area contributed by atoms with Crippen LogP contribution in [0.2, 0.25) is 0 Å². The van der Waals surface area contributed by atoms with E-state index in [2.05, 4.69) is 20.3 Å². The van der Waals surface area contributed by atoms with E-state index < -0.39 is 0 Å². The van der Waals surface area contributed by atoms with Crippen LogP contribution >= 0.6 is 0 Å². The molecule has 5 nitrogen and oxygen atoms in total. The van der Waals surface area contributed by atoms with Crippen LogP contribution in [0.25, 0.3) is 11.4 Å². The average Bonchev–Trinajstić information content (AvgIpc) is 2.38. The van der Waals surface area contributed by atoms with Crippen LogP contribution in [0.3, 0.4) is 0 Å². The van der Waals surface area contributed by atoms with E-state index in [1.165, 1.54) is 0 Å². The van der Waals surface area contributed by atoms with Gasteiger partial charge in [0.05, 0.1) is 18.1 Å². The van der Waals surface area contributed by atoms with Crippen LogP contribution in [0.1, 0.15) is 27.2 Å². The van der Waals surface area contributed by atoms with Gasteiger partial charge in [-0.3, -0.25) is 9.78 Å². The quantitative estimate of drug-likeness (QED) is 0.931. The summed E-state index contributed by atoms with van der Waals surface area (Å²) in [5, 5.41) is 2.80. The van der Waals surface area contributed by atoms with Gasteiger partial charge in [-0.25, -0.2) is 9.97 Å². The SMILES string of the molecule is CC(C)(C)CC(=O)Nc1cnc(-c2cccnc2)nc1. The largest absolute Gasteiger partial charge is 0.323 e. The number of anilines is 1. The number of carbonyl (C=O) groups excluding carboxylic acids is 1. The van der Waals surface area contributed by atoms with Crippen molar-refractivity contribution in [1.82, 2.24) is 15.0 Å². The third-order valence-electron chi connectivity index (χ3n) is 2.55. The number of pyridine rings is 1. The molecule has 2 aromatic rings. The van der Waals surface area contributed by atoms with Gasteiger partial charge in [-0.2, -0.15) is 0 Å². The normalized spacial score (nSPS) is 11.2. The van der Waals surface area contributed by atoms with Crippen molar-refractivity contribution in [2.45, 2.75) is 27.2 Å². The molecule has 0 radical (unpaired) electrons. The van der Waals surface area contributed by atoms with Gasteiger partial charge >= 0.3 is 0 Å². The second kappa shape index (κ2) is 5.77. The molecule has 0 saturated heterocycles. The second-order valence-electron chi connectivity index (χ2n) is 5.82. The van der Waals surface area contributed by atoms with Crippen LogP contribution in [0.5, 0.6) is 0 Å². The predicted octanol–water partition coefficient (Wildman–Crippen LogP) is 2.91. The fourth-order valence-corrected chi connectivity index (χ4v) is 1.72. The Balaban J connectivity index is 2.04. The highest BCUT2D eigenvalue weighted by Crippen LogP contribution is 2.19. The summed E-state index contributed by atoms with van der Waals surface area (Å²) < 4.78 is 0. The highest BCUT2D eigenvalue weighted by Gasteiger charge is 2.16. The zero-order valence-electron chi connectivity index (χ0n) is 11.9. The lowest BCUT2D eigenvalue weighted by Crippen LogP contribution is -2.19. The van der Waals surface area contributed by atoms with Gasteiger partial charge in [-0.05, 0) is 17.5 Å². The molecule has 1 amide bonds. The summed E-state index contributed by atoms with van der Waals surface area (Å²) >= 11 is 0. The van der Waals surface area contributed by atoms with Gasteiger partial charge in [0.2, 0.25) is 5.91 Å². The maximum Gasteiger partial charge on any atom is 0.224 e. The van der Waals surface area contributed by atoms with E-state index >= 15 is 0 Å². The lowest BCUT2D eigenvalue weighted by Gasteiger charge is -2.17. The Morgan fingerprint density at radius 2 is 1.90 bits per heavy atom. The summed E-state index contributed by atoms with van der Waals surface area (Å²) in [6, 6.07) is 3.72. The number of amides is 1. The van der Waals surface area contributed by atoms with Crippen molar-refractivity contribution in [1.29, 1.82) is 0 Å². The number of aromatic nitrogens is 3. The Hall–Kier alpha value is -2.30. The number of nitrogens with zero attached hydrogens (tertiary/aromatic N) is 3. The minimum Gasteiger partial charge on any atom is -0.323 e. The van der Waals surface area contributed by atoms with Gasteiger partial charge < -0.3 is 5.32 Å². The molecule has 0 bridgehead atoms. The third kappa shape index (κ3) is 4.12. The van der Waals surface area contributed by atoms with Crippen LogP contribution in [-0.2, 0) is 4.79 Å². The molecule has 0 aliphatic carbocycles. The highest BCUT2D eigenvalue weighted by molar-refractivity contribution is 5.90. The number of hydrogen-bond acceptors (Lipinski definition) is 4. The summed E-state index contributed by atoms with van der Waals surface area (Å²) in [4.78, 5) is 24.3. The van der Waals surface area contributed by atoms with E-state index in [1.807, 2.05) is 32.9 Å². The molecule has 1 N–H and O–H groups in total. The van der Waals surface area contributed by atoms with E-state index in [-0.39, 0.29) is 11.3 Å². The Morgan fingerprint density at radius 1 is 1.20 bits per heavy atom. The Labute approximate surface area is 118 Å². The van der Waals surface area contributed by atoms with E-state index in [0.29, 0.717) is 17.9 Å². The second-order valence-corrected chi connectivity index (χ2v) is 5.82. The van der Waals surface area contributed by atoms with E-state index in [0.717, 1.165) is 5.56 Å². The molecule has 0 aromatic carbocycles. The van der Waals surface area contributed by atoms with Gasteiger partial charge in [0.1, 0.15) is 0 Å². The molecule has 0 aliphatic heterocycles. The van der Waals surface area contributed by atoms with Crippen molar-refractivity contribution < 1.29 is 4.79 Å². The molecule has 2 heterocycles. The third-order valence-corrected chi connectivity index (χ3v) is 2.55. The fourth-order valence-electron chi connectivity index (χ4n) is 1.72. The lowest BCUT2D eigenvalue weighted by atomic mass is 9.92. The van der Waals surface area contributed by atoms with Gasteiger partial charge in [0.25, 0.3) is 0 Å². The monoisotopic (exact) mass is 270 g/mol. The molecule has 0 fully saturated rings. The van der Waals surface area contributed by atoms with Crippen LogP contribution in [0.15, 0.2) is 36.9 Å². The van der Waals surface area contributed by atoms with Crippen molar-refractivity contribution >= 4 is 11.6 Å². The molecule has 2 aromatic heterocycles. The molecule has 20 heavy (non-hydrogen) atoms. The standard InChI is InChI=1S/C15H18N4O/c1-15(2,3)7-13(20)19-12-9-17-14(18-10-12)11-5-4-6-16-8-11/h4-6,8-10H,7H2,1-3H3,(H,19,20). The molecular weight excluding hydrogens is 252 g/mol. The van der Waals surface area contributed by atoms with Crippen molar-refractivity contribution in [2.24, 2.45) is 5.41 Å². The summed E-state index contributed by atoms with van der Waals surface area (Å²) in [5.41, 5.74) is 1.41. The molecule has 5 heteroatoms. The van der Waals surface area contributed by atoms with E-state index in [1.54, 1.807) is 24.8 Å². The van der Waals surface area contributed by atoms with Crippen LogP contribution in [-0.4, -0.2) is 20.9 Å². The van der Waals surface area contributed by atoms with E-state index in [4.69, 9.17) is 0 Å². The zero-order chi connectivity index (χ0) is 14.6. The molecule has 0 aliphatic rings. The zero-order valence-corrected chi connectivity index (χ0v) is 11.9. The first-order valence-corrected chi connectivity index (χ1v) is 6.46. The van der Waals surface area contributed by atoms with Gasteiger partial charge in [0, 0.05) is 24.4 Å². The van der Waals surface area contributed by atoms with E-state index in [9.17, 15) is 4.79 Å². The molecule has 2 rings (SSSR count). The Morgan fingerprint density at radius 3 is 2.45 bits per heavy atom. The molecule has 0 unspecified atom stereocenters. The summed E-state index contributed by atoms with van der Waals surface area (Å²) in [6.45, 7) is 6.07. The van der Waals surface area contributed by atoms with Gasteiger partial charge in [0.15, 0.2) is 5.82 Å². The maximum atomic E-state index is 11.8. The van der Waals surface area contributed by atoms with Crippen molar-refractivity contribution in [3.63, 3.8) is 0 Å². The minimum absolute atomic E-state index is 0.0322. The lowest BCUT2D eigenvalue weighted by molar-refractivity contribution is -0.117. The first-order valence-electron chi connectivity index (χ1n) is 6.46. The predicted molar refractivity (Wildman–Crippen MR) is 78.0 cm³/mol. The molecule has 0 atom stereocenters. The first kappa shape index (κ1) is 14.1. The van der Waals surface area contributed by atoms with Crippen LogP contribution < -0.4 is 5.32 Å². The molecular formula is C15H18N4O. The van der Waals surface area contributed by atoms with Gasteiger partial charge in [-0.15, -0.1) is 0 Å². The topological polar surface area (TPSA) is 67.8 Å². The number of nitrogens with one attached hydrogen (secondary N) is 1. The molecule has 104 valence electrons. The van der Waals surface area contributed by atoms with Crippen LogP contribution in [0.4, 0.5) is 5.69 Å². The molecule has 0 saturated carbocycles. The Kier molecular flexibility index (Phi) is 4.08. The van der Waals surface area contributed by atoms with Crippen molar-refractivity contribution in [3.8, 4) is 11.4 Å². The minimum atomic E-state index is -0.0411. The smallest absolute Gasteiger partial charge is 0.224 e. The summed E-state index contributed by atoms with van der Waals surface area (Å²) in [6.07, 6.45) is 7.07. The Bertz CT molecular complexity index is 573. The van der Waals surface area contributed by atoms with Crippen molar-refractivity contribution in [3.05, 3.63) is 36.9 Å².